The number of nitrogens with two attached hydrogens (primary N) is 1. The second-order valence-corrected chi connectivity index (χ2v) is 5.23. The minimum Gasteiger partial charge on any atom is -0.508 e. The number of phenols is 1. The van der Waals surface area contributed by atoms with Crippen LogP contribution in [0.15, 0.2) is 24.3 Å². The summed E-state index contributed by atoms with van der Waals surface area (Å²) in [7, 11) is 0. The SMILES string of the molecule is CCCN(Cc1cccc(O)c1)C(CC)(CC)CN. The van der Waals surface area contributed by atoms with E-state index in [1.54, 1.807) is 6.07 Å². The van der Waals surface area contributed by atoms with Crippen molar-refractivity contribution < 1.29 is 5.11 Å². The molecule has 0 aliphatic carbocycles. The molecule has 0 radical (unpaired) electrons. The summed E-state index contributed by atoms with van der Waals surface area (Å²) in [6.07, 6.45) is 3.22. The van der Waals surface area contributed by atoms with Crippen LogP contribution >= 0.6 is 0 Å². The lowest BCUT2D eigenvalue weighted by molar-refractivity contribution is 0.0765. The fourth-order valence-electron chi connectivity index (χ4n) is 2.74. The molecule has 3 nitrogen and oxygen atoms in total. The van der Waals surface area contributed by atoms with Gasteiger partial charge in [-0.05, 0) is 43.5 Å². The van der Waals surface area contributed by atoms with E-state index in [0.29, 0.717) is 12.3 Å². The third-order valence-corrected chi connectivity index (χ3v) is 4.14. The van der Waals surface area contributed by atoms with E-state index in [2.05, 4.69) is 31.7 Å². The summed E-state index contributed by atoms with van der Waals surface area (Å²) < 4.78 is 0. The maximum Gasteiger partial charge on any atom is 0.115 e. The Morgan fingerprint density at radius 1 is 1.21 bits per heavy atom. The Morgan fingerprint density at radius 2 is 1.89 bits per heavy atom. The molecule has 0 saturated heterocycles. The first-order chi connectivity index (χ1) is 9.11. The summed E-state index contributed by atoms with van der Waals surface area (Å²) in [4.78, 5) is 2.47. The lowest BCUT2D eigenvalue weighted by Crippen LogP contribution is -2.53. The van der Waals surface area contributed by atoms with Gasteiger partial charge < -0.3 is 10.8 Å². The zero-order chi connectivity index (χ0) is 14.3. The monoisotopic (exact) mass is 264 g/mol. The van der Waals surface area contributed by atoms with Crippen LogP contribution in [0.4, 0.5) is 0 Å². The molecule has 1 rings (SSSR count). The highest BCUT2D eigenvalue weighted by Crippen LogP contribution is 2.26. The van der Waals surface area contributed by atoms with Crippen molar-refractivity contribution in [2.45, 2.75) is 52.1 Å². The van der Waals surface area contributed by atoms with Crippen molar-refractivity contribution in [3.8, 4) is 5.75 Å². The Hall–Kier alpha value is -1.06. The summed E-state index contributed by atoms with van der Waals surface area (Å²) in [5, 5.41) is 9.59. The molecule has 0 unspecified atom stereocenters. The fourth-order valence-corrected chi connectivity index (χ4v) is 2.74. The van der Waals surface area contributed by atoms with E-state index in [1.165, 1.54) is 0 Å². The number of aromatic hydroxyl groups is 1. The fraction of sp³-hybridized carbons (Fsp3) is 0.625. The van der Waals surface area contributed by atoms with E-state index in [4.69, 9.17) is 5.73 Å². The van der Waals surface area contributed by atoms with E-state index in [-0.39, 0.29) is 5.54 Å². The minimum atomic E-state index is 0.0709. The van der Waals surface area contributed by atoms with Crippen molar-refractivity contribution in [3.63, 3.8) is 0 Å². The lowest BCUT2D eigenvalue weighted by Gasteiger charge is -2.42. The van der Waals surface area contributed by atoms with Crippen LogP contribution in [0.2, 0.25) is 0 Å². The lowest BCUT2D eigenvalue weighted by atomic mass is 9.89. The van der Waals surface area contributed by atoms with Crippen LogP contribution in [0.5, 0.6) is 5.75 Å². The maximum atomic E-state index is 9.59. The number of rotatable bonds is 8. The molecular formula is C16H28N2O. The third-order valence-electron chi connectivity index (χ3n) is 4.14. The van der Waals surface area contributed by atoms with Crippen molar-refractivity contribution in [3.05, 3.63) is 29.8 Å². The van der Waals surface area contributed by atoms with Gasteiger partial charge in [0.25, 0.3) is 0 Å². The molecule has 0 aliphatic rings. The van der Waals surface area contributed by atoms with Gasteiger partial charge in [-0.2, -0.15) is 0 Å². The van der Waals surface area contributed by atoms with Crippen LogP contribution in [0.3, 0.4) is 0 Å². The van der Waals surface area contributed by atoms with Gasteiger partial charge in [-0.15, -0.1) is 0 Å². The molecule has 0 amide bonds. The Bertz CT molecular complexity index is 367. The Morgan fingerprint density at radius 3 is 2.37 bits per heavy atom. The molecule has 0 spiro atoms. The van der Waals surface area contributed by atoms with Crippen LogP contribution in [-0.4, -0.2) is 28.6 Å². The Balaban J connectivity index is 2.93. The van der Waals surface area contributed by atoms with E-state index < -0.39 is 0 Å². The molecule has 0 bridgehead atoms. The zero-order valence-corrected chi connectivity index (χ0v) is 12.5. The highest BCUT2D eigenvalue weighted by molar-refractivity contribution is 5.27. The molecule has 0 fully saturated rings. The smallest absolute Gasteiger partial charge is 0.115 e. The number of hydrogen-bond donors (Lipinski definition) is 2. The standard InChI is InChI=1S/C16H28N2O/c1-4-10-18(16(5-2,6-3)13-17)12-14-8-7-9-15(19)11-14/h7-9,11,19H,4-6,10,12-13,17H2,1-3H3. The third kappa shape index (κ3) is 3.95. The molecule has 0 aromatic heterocycles. The van der Waals surface area contributed by atoms with Crippen LogP contribution in [0.1, 0.15) is 45.6 Å². The van der Waals surface area contributed by atoms with Crippen LogP contribution < -0.4 is 5.73 Å². The van der Waals surface area contributed by atoms with Gasteiger partial charge in [0, 0.05) is 18.6 Å². The normalized spacial score (nSPS) is 12.1. The van der Waals surface area contributed by atoms with Gasteiger partial charge in [0.15, 0.2) is 0 Å². The summed E-state index contributed by atoms with van der Waals surface area (Å²) in [5.74, 6) is 0.334. The molecule has 0 atom stereocenters. The molecule has 1 aromatic rings. The highest BCUT2D eigenvalue weighted by Gasteiger charge is 2.31. The predicted molar refractivity (Wildman–Crippen MR) is 81.2 cm³/mol. The molecule has 0 aliphatic heterocycles. The van der Waals surface area contributed by atoms with Crippen molar-refractivity contribution in [1.82, 2.24) is 4.90 Å². The van der Waals surface area contributed by atoms with Crippen molar-refractivity contribution >= 4 is 0 Å². The largest absolute Gasteiger partial charge is 0.508 e. The molecule has 0 heterocycles. The second kappa shape index (κ2) is 7.51. The summed E-state index contributed by atoms with van der Waals surface area (Å²) in [6.45, 7) is 9.18. The van der Waals surface area contributed by atoms with E-state index in [0.717, 1.165) is 37.9 Å². The first kappa shape index (κ1) is 16.0. The molecule has 19 heavy (non-hydrogen) atoms. The molecule has 3 heteroatoms. The Labute approximate surface area is 117 Å². The maximum absolute atomic E-state index is 9.59. The minimum absolute atomic E-state index is 0.0709. The molecule has 108 valence electrons. The Kier molecular flexibility index (Phi) is 6.32. The average molecular weight is 264 g/mol. The first-order valence-electron chi connectivity index (χ1n) is 7.34. The second-order valence-electron chi connectivity index (χ2n) is 5.23. The van der Waals surface area contributed by atoms with Crippen molar-refractivity contribution in [2.24, 2.45) is 5.73 Å². The van der Waals surface area contributed by atoms with E-state index >= 15 is 0 Å². The predicted octanol–water partition coefficient (Wildman–Crippen LogP) is 3.12. The van der Waals surface area contributed by atoms with Crippen LogP contribution in [-0.2, 0) is 6.54 Å². The van der Waals surface area contributed by atoms with Gasteiger partial charge in [0.05, 0.1) is 0 Å². The number of phenolic OH excluding ortho intramolecular Hbond substituents is 1. The van der Waals surface area contributed by atoms with E-state index in [9.17, 15) is 5.11 Å². The summed E-state index contributed by atoms with van der Waals surface area (Å²) >= 11 is 0. The quantitative estimate of drug-likeness (QED) is 0.758. The highest BCUT2D eigenvalue weighted by atomic mass is 16.3. The summed E-state index contributed by atoms with van der Waals surface area (Å²) in [6, 6.07) is 7.52. The van der Waals surface area contributed by atoms with Crippen molar-refractivity contribution in [2.75, 3.05) is 13.1 Å². The van der Waals surface area contributed by atoms with Gasteiger partial charge in [-0.1, -0.05) is 32.9 Å². The van der Waals surface area contributed by atoms with Gasteiger partial charge in [0.1, 0.15) is 5.75 Å². The van der Waals surface area contributed by atoms with Crippen LogP contribution in [0, 0.1) is 0 Å². The molecule has 3 N–H and O–H groups in total. The number of nitrogens with zero attached hydrogens (tertiary/aromatic N) is 1. The van der Waals surface area contributed by atoms with Gasteiger partial charge in [-0.25, -0.2) is 0 Å². The number of hydrogen-bond acceptors (Lipinski definition) is 3. The topological polar surface area (TPSA) is 49.5 Å². The average Bonchev–Trinajstić information content (AvgIpc) is 2.41. The molecule has 0 saturated carbocycles. The number of benzene rings is 1. The molecule has 1 aromatic carbocycles. The summed E-state index contributed by atoms with van der Waals surface area (Å²) in [5.41, 5.74) is 7.27. The van der Waals surface area contributed by atoms with Gasteiger partial charge in [0.2, 0.25) is 0 Å². The van der Waals surface area contributed by atoms with Gasteiger partial charge in [-0.3, -0.25) is 4.90 Å². The van der Waals surface area contributed by atoms with Crippen molar-refractivity contribution in [1.29, 1.82) is 0 Å². The van der Waals surface area contributed by atoms with Crippen LogP contribution in [0.25, 0.3) is 0 Å². The van der Waals surface area contributed by atoms with Gasteiger partial charge >= 0.3 is 0 Å². The molecular weight excluding hydrogens is 236 g/mol. The van der Waals surface area contributed by atoms with E-state index in [1.807, 2.05) is 12.1 Å². The zero-order valence-electron chi connectivity index (χ0n) is 12.5. The first-order valence-corrected chi connectivity index (χ1v) is 7.34.